The molecule has 0 aliphatic heterocycles. The molecule has 0 bridgehead atoms. The minimum absolute atomic E-state index is 0.0285. The Balaban J connectivity index is 2.35. The van der Waals surface area contributed by atoms with Crippen molar-refractivity contribution >= 4 is 0 Å². The van der Waals surface area contributed by atoms with Gasteiger partial charge in [-0.15, -0.1) is 0 Å². The van der Waals surface area contributed by atoms with E-state index in [0.717, 1.165) is 6.54 Å². The number of rotatable bonds is 5. The van der Waals surface area contributed by atoms with Gasteiger partial charge in [-0.1, -0.05) is 24.3 Å². The summed E-state index contributed by atoms with van der Waals surface area (Å²) in [5.74, 6) is 0. The Hall–Kier alpha value is -0.900. The molecule has 1 aromatic carbocycles. The van der Waals surface area contributed by atoms with Crippen molar-refractivity contribution in [3.63, 3.8) is 0 Å². The highest BCUT2D eigenvalue weighted by molar-refractivity contribution is 5.25. The van der Waals surface area contributed by atoms with E-state index in [1.165, 1.54) is 11.1 Å². The first-order valence-electron chi connectivity index (χ1n) is 4.85. The smallest absolute Gasteiger partial charge is 0.0594 e. The average molecular weight is 194 g/mol. The molecule has 0 amide bonds. The van der Waals surface area contributed by atoms with Crippen molar-refractivity contribution in [2.45, 2.75) is 19.5 Å². The summed E-state index contributed by atoms with van der Waals surface area (Å²) in [6.07, 6.45) is 0. The molecule has 14 heavy (non-hydrogen) atoms. The van der Waals surface area contributed by atoms with Gasteiger partial charge in [-0.3, -0.25) is 0 Å². The molecular weight excluding hydrogens is 176 g/mol. The normalized spacial score (nSPS) is 12.8. The Morgan fingerprint density at radius 1 is 1.43 bits per heavy atom. The van der Waals surface area contributed by atoms with Gasteiger partial charge in [0.05, 0.1) is 6.61 Å². The molecule has 0 aromatic heterocycles. The summed E-state index contributed by atoms with van der Waals surface area (Å²) in [7, 11) is 0. The summed E-state index contributed by atoms with van der Waals surface area (Å²) >= 11 is 0. The number of aliphatic hydroxyl groups is 1. The molecule has 1 unspecified atom stereocenters. The van der Waals surface area contributed by atoms with Crippen LogP contribution >= 0.6 is 0 Å². The molecule has 0 spiro atoms. The van der Waals surface area contributed by atoms with E-state index in [2.05, 4.69) is 24.4 Å². The van der Waals surface area contributed by atoms with Crippen LogP contribution in [0.1, 0.15) is 11.1 Å². The molecule has 0 radical (unpaired) electrons. The zero-order chi connectivity index (χ0) is 10.4. The maximum absolute atomic E-state index is 8.72. The van der Waals surface area contributed by atoms with Gasteiger partial charge in [0.25, 0.3) is 0 Å². The largest absolute Gasteiger partial charge is 0.395 e. The molecule has 78 valence electrons. The van der Waals surface area contributed by atoms with Gasteiger partial charge in [-0.2, -0.15) is 0 Å². The van der Waals surface area contributed by atoms with Crippen LogP contribution in [-0.4, -0.2) is 24.3 Å². The van der Waals surface area contributed by atoms with Gasteiger partial charge < -0.3 is 16.2 Å². The lowest BCUT2D eigenvalue weighted by Gasteiger charge is -2.10. The van der Waals surface area contributed by atoms with E-state index in [1.807, 2.05) is 12.1 Å². The third kappa shape index (κ3) is 3.46. The lowest BCUT2D eigenvalue weighted by molar-refractivity contribution is 0.262. The van der Waals surface area contributed by atoms with Gasteiger partial charge in [-0.25, -0.2) is 0 Å². The quantitative estimate of drug-likeness (QED) is 0.636. The molecule has 0 aliphatic rings. The van der Waals surface area contributed by atoms with Crippen molar-refractivity contribution in [2.24, 2.45) is 5.73 Å². The van der Waals surface area contributed by atoms with E-state index in [1.54, 1.807) is 0 Å². The van der Waals surface area contributed by atoms with E-state index < -0.39 is 0 Å². The third-order valence-electron chi connectivity index (χ3n) is 2.22. The Kier molecular flexibility index (Phi) is 4.59. The first-order valence-corrected chi connectivity index (χ1v) is 4.85. The number of aryl methyl sites for hydroxylation is 1. The highest BCUT2D eigenvalue weighted by Crippen LogP contribution is 2.05. The van der Waals surface area contributed by atoms with Crippen LogP contribution in [0.2, 0.25) is 0 Å². The molecular formula is C11H18N2O. The highest BCUT2D eigenvalue weighted by Gasteiger charge is 2.00. The van der Waals surface area contributed by atoms with Crippen molar-refractivity contribution in [1.29, 1.82) is 0 Å². The summed E-state index contributed by atoms with van der Waals surface area (Å²) in [5, 5.41) is 11.9. The zero-order valence-corrected chi connectivity index (χ0v) is 8.53. The standard InChI is InChI=1S/C11H18N2O/c1-9-4-2-3-5-10(9)6-13-7-11(12)8-14/h2-5,11,13-14H,6-8,12H2,1H3. The van der Waals surface area contributed by atoms with Crippen molar-refractivity contribution in [1.82, 2.24) is 5.32 Å². The minimum Gasteiger partial charge on any atom is -0.395 e. The fourth-order valence-electron chi connectivity index (χ4n) is 1.27. The second-order valence-corrected chi connectivity index (χ2v) is 3.50. The summed E-state index contributed by atoms with van der Waals surface area (Å²) in [5.41, 5.74) is 8.11. The van der Waals surface area contributed by atoms with Gasteiger partial charge in [0.1, 0.15) is 0 Å². The summed E-state index contributed by atoms with van der Waals surface area (Å²) in [4.78, 5) is 0. The molecule has 0 aliphatic carbocycles. The molecule has 1 atom stereocenters. The first-order chi connectivity index (χ1) is 6.74. The molecule has 0 fully saturated rings. The lowest BCUT2D eigenvalue weighted by atomic mass is 10.1. The van der Waals surface area contributed by atoms with Gasteiger partial charge in [0.15, 0.2) is 0 Å². The van der Waals surface area contributed by atoms with Crippen LogP contribution in [0.15, 0.2) is 24.3 Å². The first kappa shape index (κ1) is 11.2. The fourth-order valence-corrected chi connectivity index (χ4v) is 1.27. The topological polar surface area (TPSA) is 58.3 Å². The minimum atomic E-state index is -0.168. The Bertz CT molecular complexity index is 276. The van der Waals surface area contributed by atoms with Crippen molar-refractivity contribution in [2.75, 3.05) is 13.2 Å². The number of nitrogens with two attached hydrogens (primary N) is 1. The second-order valence-electron chi connectivity index (χ2n) is 3.50. The zero-order valence-electron chi connectivity index (χ0n) is 8.53. The number of benzene rings is 1. The van der Waals surface area contributed by atoms with E-state index in [9.17, 15) is 0 Å². The summed E-state index contributed by atoms with van der Waals surface area (Å²) < 4.78 is 0. The number of hydrogen-bond donors (Lipinski definition) is 3. The fraction of sp³-hybridized carbons (Fsp3) is 0.455. The molecule has 0 saturated carbocycles. The monoisotopic (exact) mass is 194 g/mol. The molecule has 3 nitrogen and oxygen atoms in total. The molecule has 1 rings (SSSR count). The molecule has 0 saturated heterocycles. The number of hydrogen-bond acceptors (Lipinski definition) is 3. The van der Waals surface area contributed by atoms with Crippen LogP contribution < -0.4 is 11.1 Å². The van der Waals surface area contributed by atoms with Crippen molar-refractivity contribution in [3.8, 4) is 0 Å². The van der Waals surface area contributed by atoms with Crippen LogP contribution in [0.25, 0.3) is 0 Å². The van der Waals surface area contributed by atoms with Crippen molar-refractivity contribution < 1.29 is 5.11 Å². The van der Waals surface area contributed by atoms with Crippen LogP contribution in [-0.2, 0) is 6.54 Å². The predicted octanol–water partition coefficient (Wildman–Crippen LogP) is 0.404. The summed E-state index contributed by atoms with van der Waals surface area (Å²) in [6, 6.07) is 8.06. The Labute approximate surface area is 84.9 Å². The molecule has 4 N–H and O–H groups in total. The second kappa shape index (κ2) is 5.75. The Morgan fingerprint density at radius 3 is 2.79 bits per heavy atom. The third-order valence-corrected chi connectivity index (χ3v) is 2.22. The highest BCUT2D eigenvalue weighted by atomic mass is 16.3. The van der Waals surface area contributed by atoms with Crippen LogP contribution in [0, 0.1) is 6.92 Å². The molecule has 1 aromatic rings. The van der Waals surface area contributed by atoms with E-state index >= 15 is 0 Å². The van der Waals surface area contributed by atoms with Crippen LogP contribution in [0.5, 0.6) is 0 Å². The number of aliphatic hydroxyl groups excluding tert-OH is 1. The average Bonchev–Trinajstić information content (AvgIpc) is 2.20. The van der Waals surface area contributed by atoms with Crippen LogP contribution in [0.4, 0.5) is 0 Å². The van der Waals surface area contributed by atoms with Gasteiger partial charge >= 0.3 is 0 Å². The van der Waals surface area contributed by atoms with Crippen LogP contribution in [0.3, 0.4) is 0 Å². The SMILES string of the molecule is Cc1ccccc1CNCC(N)CO. The Morgan fingerprint density at radius 2 is 2.14 bits per heavy atom. The van der Waals surface area contributed by atoms with Crippen molar-refractivity contribution in [3.05, 3.63) is 35.4 Å². The molecule has 3 heteroatoms. The van der Waals surface area contributed by atoms with Gasteiger partial charge in [0, 0.05) is 19.1 Å². The molecule has 0 heterocycles. The number of nitrogens with one attached hydrogen (secondary N) is 1. The summed E-state index contributed by atoms with van der Waals surface area (Å²) in [6.45, 7) is 3.56. The van der Waals surface area contributed by atoms with E-state index in [0.29, 0.717) is 6.54 Å². The lowest BCUT2D eigenvalue weighted by Crippen LogP contribution is -2.36. The maximum Gasteiger partial charge on any atom is 0.0594 e. The van der Waals surface area contributed by atoms with E-state index in [-0.39, 0.29) is 12.6 Å². The van der Waals surface area contributed by atoms with E-state index in [4.69, 9.17) is 10.8 Å². The predicted molar refractivity (Wildman–Crippen MR) is 57.9 cm³/mol. The van der Waals surface area contributed by atoms with Gasteiger partial charge in [0.2, 0.25) is 0 Å². The van der Waals surface area contributed by atoms with Gasteiger partial charge in [-0.05, 0) is 18.1 Å². The maximum atomic E-state index is 8.72.